The molecular weight excluding hydrogens is 266 g/mol. The lowest BCUT2D eigenvalue weighted by atomic mass is 10.1. The predicted molar refractivity (Wildman–Crippen MR) is 76.0 cm³/mol. The summed E-state index contributed by atoms with van der Waals surface area (Å²) < 4.78 is 0. The lowest BCUT2D eigenvalue weighted by Gasteiger charge is -2.22. The predicted octanol–water partition coefficient (Wildman–Crippen LogP) is 2.00. The molecule has 0 aliphatic heterocycles. The number of benzene rings is 1. The van der Waals surface area contributed by atoms with Gasteiger partial charge in [0, 0.05) is 23.2 Å². The van der Waals surface area contributed by atoms with Crippen LogP contribution in [0.15, 0.2) is 24.3 Å². The van der Waals surface area contributed by atoms with Crippen LogP contribution >= 0.6 is 12.2 Å². The minimum Gasteiger partial charge on any atom is -0.358 e. The van der Waals surface area contributed by atoms with Gasteiger partial charge in [-0.1, -0.05) is 6.07 Å². The van der Waals surface area contributed by atoms with E-state index in [0.717, 1.165) is 0 Å². The lowest BCUT2D eigenvalue weighted by Crippen LogP contribution is -2.48. The van der Waals surface area contributed by atoms with Crippen LogP contribution in [-0.4, -0.2) is 21.5 Å². The zero-order chi connectivity index (χ0) is 14.6. The summed E-state index contributed by atoms with van der Waals surface area (Å²) in [5.41, 5.74) is -0.220. The first-order chi connectivity index (χ1) is 8.69. The number of carbonyl (C=O) groups is 1. The molecule has 0 unspecified atom stereocenters. The van der Waals surface area contributed by atoms with Crippen LogP contribution in [0.2, 0.25) is 0 Å². The highest BCUT2D eigenvalue weighted by molar-refractivity contribution is 7.80. The smallest absolute Gasteiger partial charge is 0.270 e. The van der Waals surface area contributed by atoms with Gasteiger partial charge in [0.15, 0.2) is 5.11 Å². The van der Waals surface area contributed by atoms with Gasteiger partial charge in [-0.25, -0.2) is 0 Å². The molecule has 0 radical (unpaired) electrons. The molecule has 0 fully saturated rings. The van der Waals surface area contributed by atoms with Crippen LogP contribution in [0, 0.1) is 10.1 Å². The van der Waals surface area contributed by atoms with Crippen LogP contribution in [0.25, 0.3) is 0 Å². The van der Waals surface area contributed by atoms with Crippen LogP contribution in [-0.2, 0) is 0 Å². The van der Waals surface area contributed by atoms with E-state index in [1.165, 1.54) is 24.3 Å². The highest BCUT2D eigenvalue weighted by Crippen LogP contribution is 2.12. The average molecular weight is 281 g/mol. The van der Waals surface area contributed by atoms with Gasteiger partial charge < -0.3 is 5.32 Å². The van der Waals surface area contributed by atoms with Crippen molar-refractivity contribution in [1.82, 2.24) is 10.6 Å². The molecule has 6 nitrogen and oxygen atoms in total. The molecule has 1 amide bonds. The third-order valence-corrected chi connectivity index (χ3v) is 2.24. The zero-order valence-electron chi connectivity index (χ0n) is 10.9. The average Bonchev–Trinajstić information content (AvgIpc) is 2.26. The summed E-state index contributed by atoms with van der Waals surface area (Å²) in [6, 6.07) is 5.47. The van der Waals surface area contributed by atoms with Crippen molar-refractivity contribution in [2.45, 2.75) is 26.3 Å². The number of rotatable bonds is 2. The SMILES string of the molecule is CC(C)(C)NC(=S)NC(=O)c1cccc([N+](=O)[O-])c1. The Hall–Kier alpha value is -2.02. The van der Waals surface area contributed by atoms with Gasteiger partial charge in [0.1, 0.15) is 0 Å². The Morgan fingerprint density at radius 1 is 1.37 bits per heavy atom. The van der Waals surface area contributed by atoms with E-state index in [1.807, 2.05) is 20.8 Å². The molecule has 2 N–H and O–H groups in total. The van der Waals surface area contributed by atoms with E-state index in [4.69, 9.17) is 12.2 Å². The number of carbonyl (C=O) groups excluding carboxylic acids is 1. The Balaban J connectivity index is 2.76. The lowest BCUT2D eigenvalue weighted by molar-refractivity contribution is -0.384. The first-order valence-electron chi connectivity index (χ1n) is 5.57. The molecule has 0 saturated heterocycles. The number of nitro benzene ring substituents is 1. The molecule has 0 aromatic heterocycles. The minimum atomic E-state index is -0.553. The number of thiocarbonyl (C=S) groups is 1. The fourth-order valence-corrected chi connectivity index (χ4v) is 1.71. The molecule has 0 bridgehead atoms. The van der Waals surface area contributed by atoms with E-state index in [-0.39, 0.29) is 21.9 Å². The number of nitro groups is 1. The molecule has 1 aromatic carbocycles. The summed E-state index contributed by atoms with van der Waals surface area (Å²) in [5.74, 6) is -0.481. The van der Waals surface area contributed by atoms with E-state index in [2.05, 4.69) is 10.6 Å². The van der Waals surface area contributed by atoms with Gasteiger partial charge in [0.05, 0.1) is 4.92 Å². The quantitative estimate of drug-likeness (QED) is 0.492. The molecule has 0 saturated carbocycles. The summed E-state index contributed by atoms with van der Waals surface area (Å²) in [6.07, 6.45) is 0. The van der Waals surface area contributed by atoms with Gasteiger partial charge in [0.2, 0.25) is 0 Å². The Bertz CT molecular complexity index is 523. The number of hydrogen-bond acceptors (Lipinski definition) is 4. The topological polar surface area (TPSA) is 84.3 Å². The summed E-state index contributed by atoms with van der Waals surface area (Å²) >= 11 is 4.99. The van der Waals surface area contributed by atoms with E-state index in [1.54, 1.807) is 0 Å². The van der Waals surface area contributed by atoms with Crippen molar-refractivity contribution < 1.29 is 9.72 Å². The molecule has 19 heavy (non-hydrogen) atoms. The molecule has 0 spiro atoms. The Kier molecular flexibility index (Phi) is 4.55. The van der Waals surface area contributed by atoms with E-state index in [0.29, 0.717) is 0 Å². The molecule has 0 aliphatic carbocycles. The normalized spacial score (nSPS) is 10.7. The van der Waals surface area contributed by atoms with Crippen molar-refractivity contribution in [3.63, 3.8) is 0 Å². The van der Waals surface area contributed by atoms with Crippen LogP contribution < -0.4 is 10.6 Å². The van der Waals surface area contributed by atoms with Gasteiger partial charge in [-0.3, -0.25) is 20.2 Å². The van der Waals surface area contributed by atoms with Crippen molar-refractivity contribution in [2.75, 3.05) is 0 Å². The molecule has 1 rings (SSSR count). The fraction of sp³-hybridized carbons (Fsp3) is 0.333. The van der Waals surface area contributed by atoms with Crippen molar-refractivity contribution in [1.29, 1.82) is 0 Å². The first kappa shape index (κ1) is 15.0. The van der Waals surface area contributed by atoms with Gasteiger partial charge >= 0.3 is 0 Å². The summed E-state index contributed by atoms with van der Waals surface area (Å²) in [6.45, 7) is 5.70. The number of non-ortho nitro benzene ring substituents is 1. The van der Waals surface area contributed by atoms with Crippen LogP contribution in [0.1, 0.15) is 31.1 Å². The van der Waals surface area contributed by atoms with Gasteiger partial charge in [-0.15, -0.1) is 0 Å². The van der Waals surface area contributed by atoms with Crippen LogP contribution in [0.3, 0.4) is 0 Å². The summed E-state index contributed by atoms with van der Waals surface area (Å²) in [7, 11) is 0. The second-order valence-corrected chi connectivity index (χ2v) is 5.37. The number of amides is 1. The maximum Gasteiger partial charge on any atom is 0.270 e. The molecule has 0 heterocycles. The van der Waals surface area contributed by atoms with Crippen LogP contribution in [0.4, 0.5) is 5.69 Å². The molecule has 1 aromatic rings. The van der Waals surface area contributed by atoms with E-state index >= 15 is 0 Å². The summed E-state index contributed by atoms with van der Waals surface area (Å²) in [5, 5.41) is 16.2. The largest absolute Gasteiger partial charge is 0.358 e. The zero-order valence-corrected chi connectivity index (χ0v) is 11.7. The van der Waals surface area contributed by atoms with Crippen molar-refractivity contribution >= 4 is 28.9 Å². The Morgan fingerprint density at radius 3 is 2.53 bits per heavy atom. The maximum atomic E-state index is 11.9. The first-order valence-corrected chi connectivity index (χ1v) is 5.98. The fourth-order valence-electron chi connectivity index (χ4n) is 1.31. The molecule has 7 heteroatoms. The van der Waals surface area contributed by atoms with Crippen LogP contribution in [0.5, 0.6) is 0 Å². The van der Waals surface area contributed by atoms with Crippen molar-refractivity contribution in [2.24, 2.45) is 0 Å². The Morgan fingerprint density at radius 2 is 2.00 bits per heavy atom. The van der Waals surface area contributed by atoms with Gasteiger partial charge in [0.25, 0.3) is 11.6 Å². The highest BCUT2D eigenvalue weighted by Gasteiger charge is 2.15. The third kappa shape index (κ3) is 5.01. The third-order valence-electron chi connectivity index (χ3n) is 2.03. The molecule has 0 aliphatic rings. The maximum absolute atomic E-state index is 11.9. The number of hydrogen-bond donors (Lipinski definition) is 2. The minimum absolute atomic E-state index is 0.137. The van der Waals surface area contributed by atoms with Gasteiger partial charge in [-0.2, -0.15) is 0 Å². The van der Waals surface area contributed by atoms with E-state index < -0.39 is 10.8 Å². The van der Waals surface area contributed by atoms with Crippen molar-refractivity contribution in [3.05, 3.63) is 39.9 Å². The van der Waals surface area contributed by atoms with E-state index in [9.17, 15) is 14.9 Å². The monoisotopic (exact) mass is 281 g/mol. The van der Waals surface area contributed by atoms with Gasteiger partial charge in [-0.05, 0) is 39.1 Å². The highest BCUT2D eigenvalue weighted by atomic mass is 32.1. The summed E-state index contributed by atoms with van der Waals surface area (Å²) in [4.78, 5) is 21.9. The van der Waals surface area contributed by atoms with Crippen molar-refractivity contribution in [3.8, 4) is 0 Å². The molecular formula is C12H15N3O3S. The number of nitrogens with one attached hydrogen (secondary N) is 2. The second-order valence-electron chi connectivity index (χ2n) is 4.97. The second kappa shape index (κ2) is 5.75. The number of nitrogens with zero attached hydrogens (tertiary/aromatic N) is 1. The molecule has 0 atom stereocenters. The Labute approximate surface area is 116 Å². The standard InChI is InChI=1S/C12H15N3O3S/c1-12(2,3)14-11(19)13-10(16)8-5-4-6-9(7-8)15(17)18/h4-7H,1-3H3,(H2,13,14,16,19). The molecule has 102 valence electrons.